The van der Waals surface area contributed by atoms with Gasteiger partial charge >= 0.3 is 0 Å². The Hall–Kier alpha value is -2.31. The molecule has 0 saturated carbocycles. The van der Waals surface area contributed by atoms with E-state index in [0.29, 0.717) is 31.2 Å². The lowest BCUT2D eigenvalue weighted by Crippen LogP contribution is -2.31. The molecule has 0 fully saturated rings. The van der Waals surface area contributed by atoms with E-state index >= 15 is 0 Å². The van der Waals surface area contributed by atoms with Crippen LogP contribution in [-0.4, -0.2) is 45.3 Å². The van der Waals surface area contributed by atoms with Crippen molar-refractivity contribution < 1.29 is 19.0 Å². The third-order valence-electron chi connectivity index (χ3n) is 3.65. The molecule has 0 atom stereocenters. The first-order valence-corrected chi connectivity index (χ1v) is 8.76. The lowest BCUT2D eigenvalue weighted by molar-refractivity contribution is -0.127. The van der Waals surface area contributed by atoms with Crippen molar-refractivity contribution in [3.05, 3.63) is 52.2 Å². The summed E-state index contributed by atoms with van der Waals surface area (Å²) in [5.74, 6) is 1.32. The minimum atomic E-state index is -0.0738. The molecular formula is C19H23NO4S. The van der Waals surface area contributed by atoms with Crippen LogP contribution in [0.25, 0.3) is 6.08 Å². The predicted molar refractivity (Wildman–Crippen MR) is 100 cm³/mol. The Morgan fingerprint density at radius 3 is 2.68 bits per heavy atom. The van der Waals surface area contributed by atoms with Crippen LogP contribution >= 0.6 is 11.3 Å². The summed E-state index contributed by atoms with van der Waals surface area (Å²) in [5.41, 5.74) is 0.790. The van der Waals surface area contributed by atoms with Crippen molar-refractivity contribution in [2.24, 2.45) is 0 Å². The summed E-state index contributed by atoms with van der Waals surface area (Å²) in [6, 6.07) is 9.47. The fraction of sp³-hybridized carbons (Fsp3) is 0.316. The zero-order chi connectivity index (χ0) is 18.1. The SMILES string of the molecule is COCCN(Cc1cccs1)C(=O)/C=C/c1cc(OC)ccc1OC. The molecule has 5 nitrogen and oxygen atoms in total. The molecule has 0 aliphatic heterocycles. The number of methoxy groups -OCH3 is 3. The van der Waals surface area contributed by atoms with Crippen LogP contribution in [0.2, 0.25) is 0 Å². The summed E-state index contributed by atoms with van der Waals surface area (Å²) in [7, 11) is 4.83. The van der Waals surface area contributed by atoms with E-state index in [1.54, 1.807) is 49.7 Å². The van der Waals surface area contributed by atoms with Crippen molar-refractivity contribution in [1.29, 1.82) is 0 Å². The number of nitrogens with zero attached hydrogens (tertiary/aromatic N) is 1. The van der Waals surface area contributed by atoms with Gasteiger partial charge in [-0.15, -0.1) is 11.3 Å². The molecule has 6 heteroatoms. The summed E-state index contributed by atoms with van der Waals surface area (Å²) in [6.45, 7) is 1.60. The summed E-state index contributed by atoms with van der Waals surface area (Å²) >= 11 is 1.63. The Kier molecular flexibility index (Phi) is 7.50. The van der Waals surface area contributed by atoms with E-state index in [2.05, 4.69) is 0 Å². The number of carbonyl (C=O) groups is 1. The highest BCUT2D eigenvalue weighted by Crippen LogP contribution is 2.25. The Morgan fingerprint density at radius 1 is 1.20 bits per heavy atom. The molecule has 1 heterocycles. The standard InChI is InChI=1S/C19H23NO4S/c1-22-11-10-20(14-17-5-4-12-25-17)19(21)9-6-15-13-16(23-2)7-8-18(15)24-3/h4-9,12-13H,10-11,14H2,1-3H3/b9-6+. The molecule has 0 spiro atoms. The van der Waals surface area contributed by atoms with Gasteiger partial charge in [0.25, 0.3) is 0 Å². The maximum atomic E-state index is 12.6. The van der Waals surface area contributed by atoms with E-state index < -0.39 is 0 Å². The molecular weight excluding hydrogens is 338 g/mol. The van der Waals surface area contributed by atoms with Crippen LogP contribution in [0.5, 0.6) is 11.5 Å². The molecule has 1 aromatic heterocycles. The van der Waals surface area contributed by atoms with E-state index in [1.165, 1.54) is 0 Å². The third kappa shape index (κ3) is 5.62. The van der Waals surface area contributed by atoms with E-state index in [1.807, 2.05) is 35.7 Å². The summed E-state index contributed by atoms with van der Waals surface area (Å²) in [6.07, 6.45) is 3.30. The van der Waals surface area contributed by atoms with Gasteiger partial charge in [0.05, 0.1) is 27.4 Å². The summed E-state index contributed by atoms with van der Waals surface area (Å²) in [4.78, 5) is 15.5. The van der Waals surface area contributed by atoms with E-state index in [0.717, 1.165) is 10.4 Å². The van der Waals surface area contributed by atoms with Crippen molar-refractivity contribution >= 4 is 23.3 Å². The van der Waals surface area contributed by atoms with Gasteiger partial charge in [-0.2, -0.15) is 0 Å². The van der Waals surface area contributed by atoms with Crippen LogP contribution < -0.4 is 9.47 Å². The fourth-order valence-electron chi connectivity index (χ4n) is 2.30. The first-order chi connectivity index (χ1) is 12.2. The molecule has 1 aromatic carbocycles. The van der Waals surface area contributed by atoms with Crippen LogP contribution in [0.15, 0.2) is 41.8 Å². The van der Waals surface area contributed by atoms with E-state index in [9.17, 15) is 4.79 Å². The average molecular weight is 361 g/mol. The normalized spacial score (nSPS) is 10.8. The molecule has 0 unspecified atom stereocenters. The van der Waals surface area contributed by atoms with Crippen molar-refractivity contribution in [1.82, 2.24) is 4.90 Å². The minimum absolute atomic E-state index is 0.0738. The van der Waals surface area contributed by atoms with Crippen LogP contribution in [0.3, 0.4) is 0 Å². The van der Waals surface area contributed by atoms with Gasteiger partial charge in [0.2, 0.25) is 5.91 Å². The second kappa shape index (κ2) is 9.86. The molecule has 0 aliphatic rings. The maximum absolute atomic E-state index is 12.6. The van der Waals surface area contributed by atoms with Crippen LogP contribution in [0.1, 0.15) is 10.4 Å². The Balaban J connectivity index is 2.14. The largest absolute Gasteiger partial charge is 0.497 e. The number of ether oxygens (including phenoxy) is 3. The van der Waals surface area contributed by atoms with Crippen LogP contribution in [0.4, 0.5) is 0 Å². The van der Waals surface area contributed by atoms with Crippen molar-refractivity contribution in [2.45, 2.75) is 6.54 Å². The van der Waals surface area contributed by atoms with Gasteiger partial charge in [-0.25, -0.2) is 0 Å². The Labute approximate surface area is 152 Å². The second-order valence-electron chi connectivity index (χ2n) is 5.27. The van der Waals surface area contributed by atoms with Crippen molar-refractivity contribution in [2.75, 3.05) is 34.5 Å². The number of carbonyl (C=O) groups excluding carboxylic acids is 1. The van der Waals surface area contributed by atoms with Gasteiger partial charge in [-0.1, -0.05) is 6.07 Å². The lowest BCUT2D eigenvalue weighted by Gasteiger charge is -2.20. The minimum Gasteiger partial charge on any atom is -0.497 e. The van der Waals surface area contributed by atoms with Gasteiger partial charge < -0.3 is 19.1 Å². The Bertz CT molecular complexity index is 697. The highest BCUT2D eigenvalue weighted by Gasteiger charge is 2.12. The molecule has 134 valence electrons. The summed E-state index contributed by atoms with van der Waals surface area (Å²) < 4.78 is 15.7. The summed E-state index contributed by atoms with van der Waals surface area (Å²) in [5, 5.41) is 2.01. The number of thiophene rings is 1. The van der Waals surface area contributed by atoms with Gasteiger partial charge in [0, 0.05) is 30.2 Å². The van der Waals surface area contributed by atoms with Gasteiger partial charge in [0.1, 0.15) is 11.5 Å². The quantitative estimate of drug-likeness (QED) is 0.642. The molecule has 0 bridgehead atoms. The monoisotopic (exact) mass is 361 g/mol. The van der Waals surface area contributed by atoms with Gasteiger partial charge in [-0.05, 0) is 35.7 Å². The molecule has 0 N–H and O–H groups in total. The lowest BCUT2D eigenvalue weighted by atomic mass is 10.1. The van der Waals surface area contributed by atoms with Crippen molar-refractivity contribution in [3.63, 3.8) is 0 Å². The number of hydrogen-bond donors (Lipinski definition) is 0. The van der Waals surface area contributed by atoms with Crippen LogP contribution in [0, 0.1) is 0 Å². The first kappa shape index (κ1) is 19.0. The highest BCUT2D eigenvalue weighted by molar-refractivity contribution is 7.09. The third-order valence-corrected chi connectivity index (χ3v) is 4.51. The molecule has 0 saturated heterocycles. The molecule has 1 amide bonds. The Morgan fingerprint density at radius 2 is 2.04 bits per heavy atom. The molecule has 0 aliphatic carbocycles. The topological polar surface area (TPSA) is 48.0 Å². The maximum Gasteiger partial charge on any atom is 0.246 e. The number of amides is 1. The van der Waals surface area contributed by atoms with E-state index in [-0.39, 0.29) is 5.91 Å². The van der Waals surface area contributed by atoms with Gasteiger partial charge in [0.15, 0.2) is 0 Å². The van der Waals surface area contributed by atoms with Crippen molar-refractivity contribution in [3.8, 4) is 11.5 Å². The smallest absolute Gasteiger partial charge is 0.246 e. The molecule has 2 aromatic rings. The zero-order valence-corrected chi connectivity index (χ0v) is 15.5. The number of hydrogen-bond acceptors (Lipinski definition) is 5. The number of rotatable bonds is 9. The fourth-order valence-corrected chi connectivity index (χ4v) is 3.01. The highest BCUT2D eigenvalue weighted by atomic mass is 32.1. The number of benzene rings is 1. The molecule has 0 radical (unpaired) electrons. The molecule has 2 rings (SSSR count). The molecule has 25 heavy (non-hydrogen) atoms. The van der Waals surface area contributed by atoms with E-state index in [4.69, 9.17) is 14.2 Å². The van der Waals surface area contributed by atoms with Crippen LogP contribution in [-0.2, 0) is 16.1 Å². The average Bonchev–Trinajstić information content (AvgIpc) is 3.15. The second-order valence-corrected chi connectivity index (χ2v) is 6.31. The first-order valence-electron chi connectivity index (χ1n) is 7.88. The zero-order valence-electron chi connectivity index (χ0n) is 14.7. The van der Waals surface area contributed by atoms with Gasteiger partial charge in [-0.3, -0.25) is 4.79 Å². The predicted octanol–water partition coefficient (Wildman–Crippen LogP) is 3.45.